The van der Waals surface area contributed by atoms with E-state index in [-0.39, 0.29) is 0 Å². The third-order valence-corrected chi connectivity index (χ3v) is 2.63. The molecule has 0 atom stereocenters. The highest BCUT2D eigenvalue weighted by Crippen LogP contribution is 2.36. The van der Waals surface area contributed by atoms with Gasteiger partial charge in [-0.15, -0.1) is 0 Å². The van der Waals surface area contributed by atoms with Crippen LogP contribution in [-0.2, 0) is 6.42 Å². The summed E-state index contributed by atoms with van der Waals surface area (Å²) in [5, 5.41) is 3.38. The van der Waals surface area contributed by atoms with Crippen LogP contribution in [0.2, 0.25) is 0 Å². The van der Waals surface area contributed by atoms with E-state index in [1.54, 1.807) is 0 Å². The predicted molar refractivity (Wildman–Crippen MR) is 52.3 cm³/mol. The maximum atomic E-state index is 5.81. The van der Waals surface area contributed by atoms with E-state index in [0.717, 1.165) is 18.7 Å². The summed E-state index contributed by atoms with van der Waals surface area (Å²) in [5.74, 6) is 1.05. The van der Waals surface area contributed by atoms with Crippen LogP contribution in [0.15, 0.2) is 18.2 Å². The number of fused-ring (bicyclic) bond motifs is 1. The van der Waals surface area contributed by atoms with Crippen molar-refractivity contribution in [3.63, 3.8) is 0 Å². The molecule has 1 saturated carbocycles. The Morgan fingerprint density at radius 1 is 1.31 bits per heavy atom. The SMILES string of the molecule is c1cc2c(c(OC3CC3)c1)NCC2. The van der Waals surface area contributed by atoms with E-state index in [4.69, 9.17) is 4.74 Å². The largest absolute Gasteiger partial charge is 0.488 e. The van der Waals surface area contributed by atoms with E-state index < -0.39 is 0 Å². The predicted octanol–water partition coefficient (Wildman–Crippen LogP) is 2.20. The summed E-state index contributed by atoms with van der Waals surface area (Å²) >= 11 is 0. The quantitative estimate of drug-likeness (QED) is 0.744. The average Bonchev–Trinajstić information content (AvgIpc) is 2.83. The molecule has 1 aromatic carbocycles. The lowest BCUT2D eigenvalue weighted by Crippen LogP contribution is -1.99. The summed E-state index contributed by atoms with van der Waals surface area (Å²) in [6.07, 6.45) is 4.08. The van der Waals surface area contributed by atoms with Gasteiger partial charge in [0.15, 0.2) is 0 Å². The van der Waals surface area contributed by atoms with E-state index in [0.29, 0.717) is 6.10 Å². The first kappa shape index (κ1) is 7.25. The monoisotopic (exact) mass is 175 g/mol. The van der Waals surface area contributed by atoms with Crippen molar-refractivity contribution < 1.29 is 4.74 Å². The van der Waals surface area contributed by atoms with Crippen LogP contribution >= 0.6 is 0 Å². The zero-order chi connectivity index (χ0) is 8.67. The maximum absolute atomic E-state index is 5.81. The highest BCUT2D eigenvalue weighted by Gasteiger charge is 2.25. The van der Waals surface area contributed by atoms with Gasteiger partial charge in [-0.3, -0.25) is 0 Å². The van der Waals surface area contributed by atoms with Crippen LogP contribution in [0, 0.1) is 0 Å². The Kier molecular flexibility index (Phi) is 1.48. The average molecular weight is 175 g/mol. The first-order valence-electron chi connectivity index (χ1n) is 4.96. The number of para-hydroxylation sites is 1. The van der Waals surface area contributed by atoms with Crippen LogP contribution in [0.25, 0.3) is 0 Å². The molecule has 1 heterocycles. The van der Waals surface area contributed by atoms with Crippen molar-refractivity contribution in [2.75, 3.05) is 11.9 Å². The zero-order valence-corrected chi connectivity index (χ0v) is 7.55. The van der Waals surface area contributed by atoms with Gasteiger partial charge in [0.2, 0.25) is 0 Å². The molecule has 1 aliphatic carbocycles. The summed E-state index contributed by atoms with van der Waals surface area (Å²) in [6.45, 7) is 1.06. The van der Waals surface area contributed by atoms with Gasteiger partial charge >= 0.3 is 0 Å². The van der Waals surface area contributed by atoms with Crippen molar-refractivity contribution in [3.8, 4) is 5.75 Å². The summed E-state index contributed by atoms with van der Waals surface area (Å²) < 4.78 is 5.81. The molecule has 13 heavy (non-hydrogen) atoms. The van der Waals surface area contributed by atoms with Crippen LogP contribution in [0.3, 0.4) is 0 Å². The molecule has 0 radical (unpaired) electrons. The minimum atomic E-state index is 0.494. The molecule has 1 aromatic rings. The Labute approximate surface area is 77.9 Å². The lowest BCUT2D eigenvalue weighted by Gasteiger charge is -2.09. The molecule has 1 fully saturated rings. The molecule has 2 heteroatoms. The molecule has 2 aliphatic rings. The normalized spacial score (nSPS) is 19.4. The fourth-order valence-corrected chi connectivity index (χ4v) is 1.77. The van der Waals surface area contributed by atoms with Crippen molar-refractivity contribution in [1.29, 1.82) is 0 Å². The van der Waals surface area contributed by atoms with Crippen molar-refractivity contribution in [2.24, 2.45) is 0 Å². The fraction of sp³-hybridized carbons (Fsp3) is 0.455. The van der Waals surface area contributed by atoms with E-state index in [1.807, 2.05) is 0 Å². The lowest BCUT2D eigenvalue weighted by molar-refractivity contribution is 0.305. The Morgan fingerprint density at radius 2 is 2.23 bits per heavy atom. The van der Waals surface area contributed by atoms with Gasteiger partial charge in [-0.05, 0) is 30.9 Å². The van der Waals surface area contributed by atoms with Crippen molar-refractivity contribution in [3.05, 3.63) is 23.8 Å². The molecule has 2 nitrogen and oxygen atoms in total. The Morgan fingerprint density at radius 3 is 3.08 bits per heavy atom. The summed E-state index contributed by atoms with van der Waals surface area (Å²) in [4.78, 5) is 0. The van der Waals surface area contributed by atoms with Crippen molar-refractivity contribution in [2.45, 2.75) is 25.4 Å². The molecule has 0 spiro atoms. The van der Waals surface area contributed by atoms with Crippen LogP contribution in [0.5, 0.6) is 5.75 Å². The van der Waals surface area contributed by atoms with Crippen LogP contribution < -0.4 is 10.1 Å². The van der Waals surface area contributed by atoms with Gasteiger partial charge in [-0.25, -0.2) is 0 Å². The smallest absolute Gasteiger partial charge is 0.143 e. The molecule has 0 saturated heterocycles. The third-order valence-electron chi connectivity index (χ3n) is 2.63. The number of rotatable bonds is 2. The van der Waals surface area contributed by atoms with E-state index in [2.05, 4.69) is 23.5 Å². The first-order chi connectivity index (χ1) is 6.43. The Bertz CT molecular complexity index is 331. The third kappa shape index (κ3) is 1.26. The van der Waals surface area contributed by atoms with E-state index in [1.165, 1.54) is 24.1 Å². The van der Waals surface area contributed by atoms with Crippen molar-refractivity contribution in [1.82, 2.24) is 0 Å². The fourth-order valence-electron chi connectivity index (χ4n) is 1.77. The van der Waals surface area contributed by atoms with Crippen molar-refractivity contribution >= 4 is 5.69 Å². The van der Waals surface area contributed by atoms with Gasteiger partial charge in [0.1, 0.15) is 5.75 Å². The van der Waals surface area contributed by atoms with Crippen LogP contribution in [0.4, 0.5) is 5.69 Å². The topological polar surface area (TPSA) is 21.3 Å². The summed E-state index contributed by atoms with van der Waals surface area (Å²) in [7, 11) is 0. The maximum Gasteiger partial charge on any atom is 0.143 e. The second-order valence-electron chi connectivity index (χ2n) is 3.78. The van der Waals surface area contributed by atoms with Gasteiger partial charge in [-0.2, -0.15) is 0 Å². The number of anilines is 1. The van der Waals surface area contributed by atoms with Crippen LogP contribution in [0.1, 0.15) is 18.4 Å². The molecular formula is C11H13NO. The number of nitrogens with one attached hydrogen (secondary N) is 1. The molecule has 68 valence electrons. The van der Waals surface area contributed by atoms with Gasteiger partial charge in [0, 0.05) is 6.54 Å². The minimum Gasteiger partial charge on any atom is -0.488 e. The number of benzene rings is 1. The zero-order valence-electron chi connectivity index (χ0n) is 7.55. The molecule has 3 rings (SSSR count). The molecular weight excluding hydrogens is 162 g/mol. The van der Waals surface area contributed by atoms with Gasteiger partial charge in [0.05, 0.1) is 11.8 Å². The Balaban J connectivity index is 1.94. The lowest BCUT2D eigenvalue weighted by atomic mass is 10.1. The van der Waals surface area contributed by atoms with Gasteiger partial charge in [0.25, 0.3) is 0 Å². The molecule has 0 aromatic heterocycles. The standard InChI is InChI=1S/C11H13NO/c1-2-8-6-7-12-11(8)10(3-1)13-9-4-5-9/h1-3,9,12H,4-7H2. The minimum absolute atomic E-state index is 0.494. The Hall–Kier alpha value is -1.18. The highest BCUT2D eigenvalue weighted by atomic mass is 16.5. The molecule has 1 N–H and O–H groups in total. The van der Waals surface area contributed by atoms with Crippen LogP contribution in [-0.4, -0.2) is 12.6 Å². The summed E-state index contributed by atoms with van der Waals surface area (Å²) in [6, 6.07) is 6.33. The van der Waals surface area contributed by atoms with E-state index >= 15 is 0 Å². The second kappa shape index (κ2) is 2.66. The number of hydrogen-bond donors (Lipinski definition) is 1. The van der Waals surface area contributed by atoms with E-state index in [9.17, 15) is 0 Å². The molecule has 0 bridgehead atoms. The van der Waals surface area contributed by atoms with Gasteiger partial charge < -0.3 is 10.1 Å². The highest BCUT2D eigenvalue weighted by molar-refractivity contribution is 5.65. The molecule has 1 aliphatic heterocycles. The molecule has 0 amide bonds. The first-order valence-corrected chi connectivity index (χ1v) is 4.96. The van der Waals surface area contributed by atoms with Gasteiger partial charge in [-0.1, -0.05) is 12.1 Å². The second-order valence-corrected chi connectivity index (χ2v) is 3.78. The number of ether oxygens (including phenoxy) is 1. The number of hydrogen-bond acceptors (Lipinski definition) is 2. The summed E-state index contributed by atoms with van der Waals surface area (Å²) in [5.41, 5.74) is 2.63. The molecule has 0 unspecified atom stereocenters.